The van der Waals surface area contributed by atoms with Gasteiger partial charge in [-0.1, -0.05) is 17.3 Å². The minimum atomic E-state index is -4.33. The summed E-state index contributed by atoms with van der Waals surface area (Å²) in [6.45, 7) is -0.999. The van der Waals surface area contributed by atoms with E-state index in [9.17, 15) is 18.0 Å². The maximum absolute atomic E-state index is 11.9. The molecular weight excluding hydrogens is 291 g/mol. The van der Waals surface area contributed by atoms with Gasteiger partial charge in [-0.25, -0.2) is 0 Å². The standard InChI is InChI=1S/C12H14F3N3O3/c13-12(14,15)5-6-17-10(19)7-21-9-4-2-1-3-8(9)11(16)18-20/h1-4,20H,5-7H2,(H2,16,18)(H,17,19). The molecule has 0 radical (unpaired) electrons. The Hall–Kier alpha value is -2.45. The highest BCUT2D eigenvalue weighted by Gasteiger charge is 2.26. The highest BCUT2D eigenvalue weighted by atomic mass is 19.4. The van der Waals surface area contributed by atoms with Crippen LogP contribution in [0, 0.1) is 0 Å². The van der Waals surface area contributed by atoms with Crippen molar-refractivity contribution in [2.75, 3.05) is 13.2 Å². The summed E-state index contributed by atoms with van der Waals surface area (Å²) >= 11 is 0. The largest absolute Gasteiger partial charge is 0.483 e. The van der Waals surface area contributed by atoms with Crippen LogP contribution in [0.4, 0.5) is 13.2 Å². The number of nitrogens with zero attached hydrogens (tertiary/aromatic N) is 1. The lowest BCUT2D eigenvalue weighted by Crippen LogP contribution is -2.32. The number of alkyl halides is 3. The van der Waals surface area contributed by atoms with Crippen LogP contribution in [0.5, 0.6) is 5.75 Å². The maximum atomic E-state index is 11.9. The third-order valence-corrected chi connectivity index (χ3v) is 2.36. The second-order valence-electron chi connectivity index (χ2n) is 3.99. The van der Waals surface area contributed by atoms with Crippen molar-refractivity contribution in [1.29, 1.82) is 0 Å². The van der Waals surface area contributed by atoms with Crippen LogP contribution in [-0.2, 0) is 4.79 Å². The molecule has 116 valence electrons. The molecule has 1 amide bonds. The fraction of sp³-hybridized carbons (Fsp3) is 0.333. The van der Waals surface area contributed by atoms with E-state index in [1.165, 1.54) is 12.1 Å². The molecule has 9 heteroatoms. The molecule has 0 saturated heterocycles. The number of nitrogens with two attached hydrogens (primary N) is 1. The van der Waals surface area contributed by atoms with Crippen LogP contribution >= 0.6 is 0 Å². The number of halogens is 3. The fourth-order valence-electron chi connectivity index (χ4n) is 1.40. The number of rotatable bonds is 6. The number of para-hydroxylation sites is 1. The SMILES string of the molecule is NC(=NO)c1ccccc1OCC(=O)NCCC(F)(F)F. The quantitative estimate of drug-likeness (QED) is 0.319. The minimum Gasteiger partial charge on any atom is -0.483 e. The Morgan fingerprint density at radius 3 is 2.67 bits per heavy atom. The summed E-state index contributed by atoms with van der Waals surface area (Å²) in [5.74, 6) is -0.726. The van der Waals surface area contributed by atoms with E-state index in [4.69, 9.17) is 15.7 Å². The monoisotopic (exact) mass is 305 g/mol. The van der Waals surface area contributed by atoms with Gasteiger partial charge in [-0.3, -0.25) is 4.79 Å². The normalized spacial score (nSPS) is 12.0. The van der Waals surface area contributed by atoms with E-state index in [1.807, 2.05) is 0 Å². The predicted octanol–water partition coefficient (Wildman–Crippen LogP) is 1.23. The molecule has 6 nitrogen and oxygen atoms in total. The van der Waals surface area contributed by atoms with E-state index in [0.717, 1.165) is 0 Å². The number of nitrogens with one attached hydrogen (secondary N) is 1. The van der Waals surface area contributed by atoms with Gasteiger partial charge in [0.1, 0.15) is 5.75 Å². The summed E-state index contributed by atoms with van der Waals surface area (Å²) in [5, 5.41) is 13.5. The predicted molar refractivity (Wildman–Crippen MR) is 68.1 cm³/mol. The number of carbonyl (C=O) groups excluding carboxylic acids is 1. The third kappa shape index (κ3) is 6.02. The molecule has 0 aliphatic carbocycles. The lowest BCUT2D eigenvalue weighted by atomic mass is 10.2. The molecule has 0 heterocycles. The van der Waals surface area contributed by atoms with Gasteiger partial charge in [-0.15, -0.1) is 0 Å². The molecule has 0 atom stereocenters. The molecule has 0 bridgehead atoms. The van der Waals surface area contributed by atoms with E-state index < -0.39 is 31.7 Å². The van der Waals surface area contributed by atoms with E-state index in [0.29, 0.717) is 0 Å². The first-order chi connectivity index (χ1) is 9.83. The van der Waals surface area contributed by atoms with Gasteiger partial charge in [0.15, 0.2) is 12.4 Å². The van der Waals surface area contributed by atoms with Gasteiger partial charge in [0.05, 0.1) is 12.0 Å². The topological polar surface area (TPSA) is 96.9 Å². The zero-order valence-electron chi connectivity index (χ0n) is 10.9. The first kappa shape index (κ1) is 16.6. The van der Waals surface area contributed by atoms with Crippen LogP contribution in [-0.4, -0.2) is 36.3 Å². The van der Waals surface area contributed by atoms with Crippen LogP contribution in [0.3, 0.4) is 0 Å². The minimum absolute atomic E-state index is 0.179. The van der Waals surface area contributed by atoms with E-state index in [2.05, 4.69) is 10.5 Å². The number of ether oxygens (including phenoxy) is 1. The van der Waals surface area contributed by atoms with Gasteiger partial charge in [-0.2, -0.15) is 13.2 Å². The number of hydrogen-bond acceptors (Lipinski definition) is 4. The summed E-state index contributed by atoms with van der Waals surface area (Å²) in [6.07, 6.45) is -5.44. The lowest BCUT2D eigenvalue weighted by molar-refractivity contribution is -0.136. The van der Waals surface area contributed by atoms with E-state index in [-0.39, 0.29) is 17.1 Å². The molecule has 0 unspecified atom stereocenters. The first-order valence-electron chi connectivity index (χ1n) is 5.86. The second-order valence-corrected chi connectivity index (χ2v) is 3.99. The number of amidine groups is 1. The van der Waals surface area contributed by atoms with Crippen molar-refractivity contribution < 1.29 is 27.9 Å². The van der Waals surface area contributed by atoms with Crippen LogP contribution in [0.25, 0.3) is 0 Å². The molecule has 0 spiro atoms. The Labute approximate surface area is 118 Å². The summed E-state index contributed by atoms with van der Waals surface area (Å²) in [6, 6.07) is 6.21. The summed E-state index contributed by atoms with van der Waals surface area (Å²) in [7, 11) is 0. The number of hydrogen-bond donors (Lipinski definition) is 3. The highest BCUT2D eigenvalue weighted by molar-refractivity contribution is 5.99. The van der Waals surface area contributed by atoms with Crippen molar-refractivity contribution in [2.24, 2.45) is 10.9 Å². The highest BCUT2D eigenvalue weighted by Crippen LogP contribution is 2.18. The molecule has 4 N–H and O–H groups in total. The van der Waals surface area contributed by atoms with Crippen LogP contribution < -0.4 is 15.8 Å². The third-order valence-electron chi connectivity index (χ3n) is 2.36. The molecule has 0 aromatic heterocycles. The smallest absolute Gasteiger partial charge is 0.390 e. The average molecular weight is 305 g/mol. The number of carbonyl (C=O) groups is 1. The maximum Gasteiger partial charge on any atom is 0.390 e. The van der Waals surface area contributed by atoms with Gasteiger partial charge in [-0.05, 0) is 12.1 Å². The second kappa shape index (κ2) is 7.36. The molecular formula is C12H14F3N3O3. The first-order valence-corrected chi connectivity index (χ1v) is 5.86. The Morgan fingerprint density at radius 2 is 2.05 bits per heavy atom. The number of benzene rings is 1. The number of oxime groups is 1. The average Bonchev–Trinajstić information content (AvgIpc) is 2.43. The lowest BCUT2D eigenvalue weighted by Gasteiger charge is -2.11. The Morgan fingerprint density at radius 1 is 1.38 bits per heavy atom. The Bertz CT molecular complexity index is 518. The summed E-state index contributed by atoms with van der Waals surface area (Å²) < 4.78 is 40.9. The van der Waals surface area contributed by atoms with Crippen LogP contribution in [0.1, 0.15) is 12.0 Å². The Balaban J connectivity index is 2.50. The van der Waals surface area contributed by atoms with Gasteiger partial charge in [0.25, 0.3) is 5.91 Å². The summed E-state index contributed by atoms with van der Waals surface area (Å²) in [5.41, 5.74) is 5.69. The molecule has 0 aliphatic heterocycles. The van der Waals surface area contributed by atoms with Crippen molar-refractivity contribution in [1.82, 2.24) is 5.32 Å². The zero-order chi connectivity index (χ0) is 15.9. The summed E-state index contributed by atoms with van der Waals surface area (Å²) in [4.78, 5) is 11.3. The van der Waals surface area contributed by atoms with Crippen molar-refractivity contribution >= 4 is 11.7 Å². The molecule has 1 rings (SSSR count). The van der Waals surface area contributed by atoms with Crippen molar-refractivity contribution in [3.63, 3.8) is 0 Å². The molecule has 1 aromatic carbocycles. The molecule has 0 fully saturated rings. The van der Waals surface area contributed by atoms with Gasteiger partial charge in [0, 0.05) is 6.54 Å². The zero-order valence-corrected chi connectivity index (χ0v) is 10.9. The van der Waals surface area contributed by atoms with Gasteiger partial charge in [0.2, 0.25) is 0 Å². The van der Waals surface area contributed by atoms with Crippen molar-refractivity contribution in [3.05, 3.63) is 29.8 Å². The molecule has 21 heavy (non-hydrogen) atoms. The van der Waals surface area contributed by atoms with Crippen LogP contribution in [0.15, 0.2) is 29.4 Å². The number of amides is 1. The van der Waals surface area contributed by atoms with Gasteiger partial charge < -0.3 is 21.0 Å². The molecule has 0 saturated carbocycles. The molecule has 0 aliphatic rings. The Kier molecular flexibility index (Phi) is 5.82. The van der Waals surface area contributed by atoms with Gasteiger partial charge >= 0.3 is 6.18 Å². The van der Waals surface area contributed by atoms with Crippen molar-refractivity contribution in [2.45, 2.75) is 12.6 Å². The fourth-order valence-corrected chi connectivity index (χ4v) is 1.40. The van der Waals surface area contributed by atoms with Crippen molar-refractivity contribution in [3.8, 4) is 5.75 Å². The van der Waals surface area contributed by atoms with Crippen LogP contribution in [0.2, 0.25) is 0 Å². The van der Waals surface area contributed by atoms with E-state index in [1.54, 1.807) is 12.1 Å². The molecule has 1 aromatic rings. The van der Waals surface area contributed by atoms with E-state index >= 15 is 0 Å².